The normalized spacial score (nSPS) is 17.4. The number of nitrogens with zero attached hydrogens (tertiary/aromatic N) is 2. The van der Waals surface area contributed by atoms with Gasteiger partial charge in [-0.15, -0.1) is 0 Å². The van der Waals surface area contributed by atoms with E-state index < -0.39 is 29.5 Å². The third-order valence-corrected chi connectivity index (χ3v) is 4.07. The summed E-state index contributed by atoms with van der Waals surface area (Å²) in [5.41, 5.74) is -0.419. The molecule has 3 rings (SSSR count). The van der Waals surface area contributed by atoms with Gasteiger partial charge in [0.05, 0.1) is 25.9 Å². The molecular weight excluding hydrogens is 408 g/mol. The smallest absolute Gasteiger partial charge is 0.414 e. The van der Waals surface area contributed by atoms with Gasteiger partial charge in [0.15, 0.2) is 11.6 Å². The number of carbonyl (C=O) groups excluding carboxylic acids is 2. The maximum Gasteiger partial charge on any atom is 0.414 e. The summed E-state index contributed by atoms with van der Waals surface area (Å²) in [5, 5.41) is 3.05. The molecule has 162 valence electrons. The molecule has 2 aliphatic heterocycles. The zero-order valence-electron chi connectivity index (χ0n) is 17.0. The summed E-state index contributed by atoms with van der Waals surface area (Å²) in [7, 11) is 3.24. The van der Waals surface area contributed by atoms with Crippen molar-refractivity contribution in [2.75, 3.05) is 43.7 Å². The molecule has 0 saturated carbocycles. The van der Waals surface area contributed by atoms with Crippen molar-refractivity contribution in [3.63, 3.8) is 0 Å². The minimum absolute atomic E-state index is 0.0515. The number of benzene rings is 1. The van der Waals surface area contributed by atoms with Gasteiger partial charge in [0.25, 0.3) is 5.17 Å². The molecule has 0 aromatic heterocycles. The van der Waals surface area contributed by atoms with Crippen LogP contribution in [0.2, 0.25) is 0 Å². The highest BCUT2D eigenvalue weighted by molar-refractivity contribution is 7.80. The number of amides is 2. The van der Waals surface area contributed by atoms with E-state index in [4.69, 9.17) is 4.74 Å². The van der Waals surface area contributed by atoms with Gasteiger partial charge in [0, 0.05) is 19.2 Å². The molecule has 2 heterocycles. The predicted molar refractivity (Wildman–Crippen MR) is 108 cm³/mol. The topological polar surface area (TPSA) is 80.3 Å². The standard InChI is InChI=1S/C13H12F2N2O4.C3H7NOS.C2H6/c1-7-6-17(13(19)21-7)8-4-9(14)11(10(15)5-8)16-2-3-20-12(16)18;1-4-3(6)5-2;1-2/h4-5,7H,2-3,6H2,1H3;1-2H3,(H,4,6);1-2H3. The van der Waals surface area contributed by atoms with Gasteiger partial charge >= 0.3 is 12.2 Å². The third-order valence-electron chi connectivity index (χ3n) is 3.70. The highest BCUT2D eigenvalue weighted by atomic mass is 32.1. The first-order valence-corrected chi connectivity index (χ1v) is 9.36. The van der Waals surface area contributed by atoms with Crippen LogP contribution in [0.5, 0.6) is 0 Å². The summed E-state index contributed by atoms with van der Waals surface area (Å²) < 4.78 is 42.4. The van der Waals surface area contributed by atoms with E-state index >= 15 is 0 Å². The largest absolute Gasteiger partial charge is 0.474 e. The fourth-order valence-electron chi connectivity index (χ4n) is 2.48. The Bertz CT molecular complexity index is 721. The number of anilines is 2. The first-order chi connectivity index (χ1) is 13.8. The fourth-order valence-corrected chi connectivity index (χ4v) is 2.48. The van der Waals surface area contributed by atoms with Crippen LogP contribution in [0.1, 0.15) is 20.8 Å². The molecular formula is C18H25F2N3O5S. The van der Waals surface area contributed by atoms with Gasteiger partial charge in [-0.3, -0.25) is 9.80 Å². The van der Waals surface area contributed by atoms with Crippen LogP contribution in [0.15, 0.2) is 12.1 Å². The monoisotopic (exact) mass is 433 g/mol. The van der Waals surface area contributed by atoms with Crippen molar-refractivity contribution < 1.29 is 32.6 Å². The van der Waals surface area contributed by atoms with E-state index in [0.29, 0.717) is 5.17 Å². The van der Waals surface area contributed by atoms with Crippen LogP contribution in [0.4, 0.5) is 29.7 Å². The first-order valence-electron chi connectivity index (χ1n) is 8.95. The molecule has 1 aromatic carbocycles. The molecule has 1 N–H and O–H groups in total. The number of nitrogens with one attached hydrogen (secondary N) is 1. The Morgan fingerprint density at radius 1 is 1.21 bits per heavy atom. The molecule has 0 bridgehead atoms. The van der Waals surface area contributed by atoms with Crippen LogP contribution in [0, 0.1) is 11.6 Å². The molecule has 1 aromatic rings. The summed E-state index contributed by atoms with van der Waals surface area (Å²) in [6.07, 6.45) is -1.80. The van der Waals surface area contributed by atoms with Crippen molar-refractivity contribution in [3.05, 3.63) is 23.8 Å². The Morgan fingerprint density at radius 3 is 2.14 bits per heavy atom. The number of ether oxygens (including phenoxy) is 3. The Kier molecular flexibility index (Phi) is 9.53. The molecule has 2 amide bonds. The van der Waals surface area contributed by atoms with Crippen molar-refractivity contribution in [1.82, 2.24) is 5.32 Å². The second kappa shape index (κ2) is 11.3. The Morgan fingerprint density at radius 2 is 1.79 bits per heavy atom. The van der Waals surface area contributed by atoms with Crippen LogP contribution >= 0.6 is 12.2 Å². The van der Waals surface area contributed by atoms with Gasteiger partial charge in [-0.2, -0.15) is 0 Å². The number of thiocarbonyl (C=S) groups is 1. The van der Waals surface area contributed by atoms with Gasteiger partial charge < -0.3 is 19.5 Å². The summed E-state index contributed by atoms with van der Waals surface area (Å²) in [4.78, 5) is 25.0. The van der Waals surface area contributed by atoms with Gasteiger partial charge in [0.1, 0.15) is 18.4 Å². The average Bonchev–Trinajstić information content (AvgIpc) is 3.27. The van der Waals surface area contributed by atoms with Crippen LogP contribution < -0.4 is 15.1 Å². The molecule has 8 nitrogen and oxygen atoms in total. The van der Waals surface area contributed by atoms with Crippen molar-refractivity contribution in [2.45, 2.75) is 26.9 Å². The highest BCUT2D eigenvalue weighted by Gasteiger charge is 2.33. The number of halogens is 2. The molecule has 0 aliphatic carbocycles. The second-order valence-corrected chi connectivity index (χ2v) is 5.94. The van der Waals surface area contributed by atoms with E-state index in [1.165, 1.54) is 7.11 Å². The lowest BCUT2D eigenvalue weighted by Crippen LogP contribution is -2.27. The third kappa shape index (κ3) is 6.14. The molecule has 0 spiro atoms. The zero-order valence-corrected chi connectivity index (χ0v) is 17.8. The van der Waals surface area contributed by atoms with E-state index in [1.807, 2.05) is 13.8 Å². The molecule has 0 radical (unpaired) electrons. The SMILES string of the molecule is CC.CC1CN(c2cc(F)c(N3CCOC3=O)c(F)c2)C(=O)O1.CNC(=S)OC. The van der Waals surface area contributed by atoms with Crippen molar-refractivity contribution in [2.24, 2.45) is 0 Å². The van der Waals surface area contributed by atoms with Crippen molar-refractivity contribution in [1.29, 1.82) is 0 Å². The van der Waals surface area contributed by atoms with Gasteiger partial charge in [-0.1, -0.05) is 13.8 Å². The average molecular weight is 433 g/mol. The maximum absolute atomic E-state index is 14.1. The van der Waals surface area contributed by atoms with E-state index in [-0.39, 0.29) is 31.5 Å². The lowest BCUT2D eigenvalue weighted by molar-refractivity contribution is 0.150. The molecule has 29 heavy (non-hydrogen) atoms. The van der Waals surface area contributed by atoms with Gasteiger partial charge in [0.2, 0.25) is 0 Å². The quantitative estimate of drug-likeness (QED) is 0.716. The van der Waals surface area contributed by atoms with Crippen LogP contribution in [0.25, 0.3) is 0 Å². The number of methoxy groups -OCH3 is 1. The Balaban J connectivity index is 0.000000454. The number of hydrogen-bond acceptors (Lipinski definition) is 6. The number of rotatable bonds is 2. The summed E-state index contributed by atoms with van der Waals surface area (Å²) in [6, 6.07) is 2.01. The maximum atomic E-state index is 14.1. The van der Waals surface area contributed by atoms with Gasteiger partial charge in [-0.25, -0.2) is 18.4 Å². The van der Waals surface area contributed by atoms with Crippen molar-refractivity contribution >= 4 is 41.0 Å². The lowest BCUT2D eigenvalue weighted by Gasteiger charge is -2.18. The Labute approximate surface area is 173 Å². The summed E-state index contributed by atoms with van der Waals surface area (Å²) in [6.45, 7) is 6.05. The highest BCUT2D eigenvalue weighted by Crippen LogP contribution is 2.32. The van der Waals surface area contributed by atoms with E-state index in [9.17, 15) is 18.4 Å². The molecule has 2 fully saturated rings. The van der Waals surface area contributed by atoms with Crippen LogP contribution in [-0.2, 0) is 14.2 Å². The lowest BCUT2D eigenvalue weighted by atomic mass is 10.2. The Hall–Kier alpha value is -2.69. The number of hydrogen-bond donors (Lipinski definition) is 1. The first kappa shape index (κ1) is 24.3. The number of cyclic esters (lactones) is 2. The van der Waals surface area contributed by atoms with Crippen LogP contribution in [0.3, 0.4) is 0 Å². The van der Waals surface area contributed by atoms with Crippen molar-refractivity contribution in [3.8, 4) is 0 Å². The summed E-state index contributed by atoms with van der Waals surface area (Å²) >= 11 is 4.52. The molecule has 1 unspecified atom stereocenters. The van der Waals surface area contributed by atoms with E-state index in [2.05, 4.69) is 27.0 Å². The zero-order chi connectivity index (χ0) is 22.1. The second-order valence-electron chi connectivity index (χ2n) is 5.57. The molecule has 11 heteroatoms. The van der Waals surface area contributed by atoms with Gasteiger partial charge in [-0.05, 0) is 19.1 Å². The predicted octanol–water partition coefficient (Wildman–Crippen LogP) is 3.43. The molecule has 2 saturated heterocycles. The fraction of sp³-hybridized carbons (Fsp3) is 0.500. The minimum Gasteiger partial charge on any atom is -0.474 e. The number of carbonyl (C=O) groups is 2. The summed E-state index contributed by atoms with van der Waals surface area (Å²) in [5.74, 6) is -1.87. The minimum atomic E-state index is -0.934. The molecule has 2 aliphatic rings. The van der Waals surface area contributed by atoms with E-state index in [1.54, 1.807) is 14.0 Å². The van der Waals surface area contributed by atoms with E-state index in [0.717, 1.165) is 21.9 Å². The molecule has 1 atom stereocenters. The van der Waals surface area contributed by atoms with Crippen LogP contribution in [-0.4, -0.2) is 57.3 Å².